The van der Waals surface area contributed by atoms with Crippen molar-refractivity contribution in [2.45, 2.75) is 45.6 Å². The van der Waals surface area contributed by atoms with Gasteiger partial charge in [0.05, 0.1) is 17.4 Å². The zero-order valence-electron chi connectivity index (χ0n) is 17.7. The number of benzene rings is 1. The van der Waals surface area contributed by atoms with Gasteiger partial charge in [-0.15, -0.1) is 11.3 Å². The molecule has 1 aliphatic rings. The molecule has 4 rings (SSSR count). The Kier molecular flexibility index (Phi) is 6.15. The molecule has 1 aliphatic carbocycles. The smallest absolute Gasteiger partial charge is 0.274 e. The average molecular weight is 440 g/mol. The molecule has 1 aromatic carbocycles. The highest BCUT2D eigenvalue weighted by Crippen LogP contribution is 2.35. The minimum Gasteiger partial charge on any atom is -0.349 e. The number of thiophene rings is 1. The van der Waals surface area contributed by atoms with E-state index < -0.39 is 0 Å². The molecule has 0 aliphatic heterocycles. The number of rotatable bonds is 6. The maximum atomic E-state index is 12.9. The number of hydrogen-bond acceptors (Lipinski definition) is 7. The zero-order valence-corrected chi connectivity index (χ0v) is 18.6. The predicted octanol–water partition coefficient (Wildman–Crippen LogP) is 4.02. The third kappa shape index (κ3) is 4.38. The summed E-state index contributed by atoms with van der Waals surface area (Å²) in [5.41, 5.74) is 5.32. The largest absolute Gasteiger partial charge is 0.349 e. The second kappa shape index (κ2) is 8.99. The van der Waals surface area contributed by atoms with Crippen molar-refractivity contribution in [2.75, 3.05) is 12.4 Å². The van der Waals surface area contributed by atoms with Gasteiger partial charge < -0.3 is 10.6 Å². The van der Waals surface area contributed by atoms with Gasteiger partial charge in [0.2, 0.25) is 0 Å². The normalized spacial score (nSPS) is 14.0. The molecule has 8 nitrogen and oxygen atoms in total. The number of anilines is 2. The Hall–Kier alpha value is -3.04. The van der Waals surface area contributed by atoms with Gasteiger partial charge in [0.15, 0.2) is 0 Å². The summed E-state index contributed by atoms with van der Waals surface area (Å²) in [6, 6.07) is 5.58. The van der Waals surface area contributed by atoms with Gasteiger partial charge in [-0.05, 0) is 49.9 Å². The van der Waals surface area contributed by atoms with Gasteiger partial charge in [-0.2, -0.15) is 0 Å². The van der Waals surface area contributed by atoms with Crippen LogP contribution < -0.4 is 16.1 Å². The van der Waals surface area contributed by atoms with E-state index in [1.807, 2.05) is 19.9 Å². The van der Waals surface area contributed by atoms with Gasteiger partial charge in [0.1, 0.15) is 17.0 Å². The Morgan fingerprint density at radius 1 is 1.13 bits per heavy atom. The molecule has 1 saturated carbocycles. The fourth-order valence-electron chi connectivity index (χ4n) is 3.88. The van der Waals surface area contributed by atoms with Crippen LogP contribution in [0, 0.1) is 13.8 Å². The number of carbonyl (C=O) groups is 2. The lowest BCUT2D eigenvalue weighted by molar-refractivity contribution is 0.0537. The summed E-state index contributed by atoms with van der Waals surface area (Å²) in [5, 5.41) is 7.29. The Balaban J connectivity index is 1.66. The number of nitrogens with zero attached hydrogens (tertiary/aromatic N) is 2. The lowest BCUT2D eigenvalue weighted by atomic mass is 10.1. The van der Waals surface area contributed by atoms with Gasteiger partial charge >= 0.3 is 0 Å². The first kappa shape index (κ1) is 21.2. The molecule has 3 aromatic rings. The molecule has 31 heavy (non-hydrogen) atoms. The summed E-state index contributed by atoms with van der Waals surface area (Å²) in [6.45, 7) is 3.87. The molecular weight excluding hydrogens is 414 g/mol. The van der Waals surface area contributed by atoms with Gasteiger partial charge in [0.25, 0.3) is 11.8 Å². The summed E-state index contributed by atoms with van der Waals surface area (Å²) >= 11 is 1.38. The molecule has 9 heteroatoms. The first-order valence-electron chi connectivity index (χ1n) is 10.2. The molecule has 0 bridgehead atoms. The number of aromatic nitrogens is 2. The first-order valence-corrected chi connectivity index (χ1v) is 11.1. The molecule has 1 fully saturated rings. The molecule has 2 amide bonds. The Morgan fingerprint density at radius 2 is 1.90 bits per heavy atom. The molecule has 0 spiro atoms. The molecule has 0 radical (unpaired) electrons. The van der Waals surface area contributed by atoms with Crippen LogP contribution in [0.3, 0.4) is 0 Å². The number of fused-ring (bicyclic) bond motifs is 1. The van der Waals surface area contributed by atoms with Crippen LogP contribution >= 0.6 is 11.3 Å². The van der Waals surface area contributed by atoms with Crippen molar-refractivity contribution in [1.29, 1.82) is 0 Å². The van der Waals surface area contributed by atoms with Crippen LogP contribution in [0.2, 0.25) is 0 Å². The van der Waals surface area contributed by atoms with Crippen LogP contribution in [-0.4, -0.2) is 34.9 Å². The Labute approximate surface area is 184 Å². The third-order valence-electron chi connectivity index (χ3n) is 5.57. The van der Waals surface area contributed by atoms with Crippen LogP contribution in [-0.2, 0) is 4.84 Å². The maximum Gasteiger partial charge on any atom is 0.274 e. The molecule has 0 saturated heterocycles. The van der Waals surface area contributed by atoms with Crippen molar-refractivity contribution in [3.8, 4) is 0 Å². The lowest BCUT2D eigenvalue weighted by Gasteiger charge is -2.12. The SMILES string of the molecule is CONC(=O)c1ccc(C)c(Nc2ncnc3sc(C(=O)NC4CCCC4)c(C)c23)c1. The minimum absolute atomic E-state index is 0.0484. The van der Waals surface area contributed by atoms with Crippen molar-refractivity contribution in [1.82, 2.24) is 20.8 Å². The van der Waals surface area contributed by atoms with E-state index >= 15 is 0 Å². The molecule has 0 unspecified atom stereocenters. The Morgan fingerprint density at radius 3 is 2.65 bits per heavy atom. The van der Waals surface area contributed by atoms with E-state index in [9.17, 15) is 9.59 Å². The fourth-order valence-corrected chi connectivity index (χ4v) is 4.93. The monoisotopic (exact) mass is 439 g/mol. The van der Waals surface area contributed by atoms with Gasteiger partial charge in [-0.25, -0.2) is 15.4 Å². The number of carbonyl (C=O) groups excluding carboxylic acids is 2. The maximum absolute atomic E-state index is 12.9. The molecule has 2 heterocycles. The molecule has 3 N–H and O–H groups in total. The van der Waals surface area contributed by atoms with Crippen LogP contribution in [0.4, 0.5) is 11.5 Å². The summed E-state index contributed by atoms with van der Waals surface area (Å²) in [7, 11) is 1.39. The van der Waals surface area contributed by atoms with Crippen molar-refractivity contribution in [2.24, 2.45) is 0 Å². The lowest BCUT2D eigenvalue weighted by Crippen LogP contribution is -2.32. The number of nitrogens with one attached hydrogen (secondary N) is 3. The highest BCUT2D eigenvalue weighted by atomic mass is 32.1. The van der Waals surface area contributed by atoms with E-state index in [-0.39, 0.29) is 17.9 Å². The van der Waals surface area contributed by atoms with Crippen molar-refractivity contribution < 1.29 is 14.4 Å². The van der Waals surface area contributed by atoms with E-state index in [0.717, 1.165) is 52.7 Å². The van der Waals surface area contributed by atoms with Crippen LogP contribution in [0.25, 0.3) is 10.2 Å². The number of amides is 2. The summed E-state index contributed by atoms with van der Waals surface area (Å²) in [4.78, 5) is 39.9. The van der Waals surface area contributed by atoms with Crippen LogP contribution in [0.15, 0.2) is 24.5 Å². The van der Waals surface area contributed by atoms with Crippen molar-refractivity contribution in [3.63, 3.8) is 0 Å². The van der Waals surface area contributed by atoms with Gasteiger partial charge in [0, 0.05) is 17.3 Å². The van der Waals surface area contributed by atoms with Crippen LogP contribution in [0.5, 0.6) is 0 Å². The highest BCUT2D eigenvalue weighted by Gasteiger charge is 2.23. The minimum atomic E-state index is -0.337. The molecule has 0 atom stereocenters. The predicted molar refractivity (Wildman–Crippen MR) is 121 cm³/mol. The van der Waals surface area contributed by atoms with Crippen LogP contribution in [0.1, 0.15) is 56.8 Å². The first-order chi connectivity index (χ1) is 15.0. The molecule has 2 aromatic heterocycles. The quantitative estimate of drug-likeness (QED) is 0.501. The topological polar surface area (TPSA) is 105 Å². The highest BCUT2D eigenvalue weighted by molar-refractivity contribution is 7.20. The number of aryl methyl sites for hydroxylation is 2. The standard InChI is InChI=1S/C22H25N5O3S/c1-12-8-9-14(20(28)27-30-3)10-16(12)26-19-17-13(2)18(31-22(17)24-11-23-19)21(29)25-15-6-4-5-7-15/h8-11,15H,4-7H2,1-3H3,(H,25,29)(H,27,28)(H,23,24,26). The third-order valence-corrected chi connectivity index (χ3v) is 6.77. The number of hydroxylamine groups is 1. The zero-order chi connectivity index (χ0) is 22.0. The van der Waals surface area contributed by atoms with E-state index in [1.165, 1.54) is 24.8 Å². The number of hydrogen-bond donors (Lipinski definition) is 3. The fraction of sp³-hybridized carbons (Fsp3) is 0.364. The summed E-state index contributed by atoms with van der Waals surface area (Å²) in [5.74, 6) is 0.217. The molecular formula is C22H25N5O3S. The van der Waals surface area contributed by atoms with E-state index in [4.69, 9.17) is 4.84 Å². The summed E-state index contributed by atoms with van der Waals surface area (Å²) < 4.78 is 0. The van der Waals surface area contributed by atoms with Crippen molar-refractivity contribution >= 4 is 44.9 Å². The van der Waals surface area contributed by atoms with E-state index in [1.54, 1.807) is 12.1 Å². The van der Waals surface area contributed by atoms with Gasteiger partial charge in [-0.3, -0.25) is 14.4 Å². The second-order valence-corrected chi connectivity index (χ2v) is 8.70. The van der Waals surface area contributed by atoms with Gasteiger partial charge in [-0.1, -0.05) is 18.9 Å². The van der Waals surface area contributed by atoms with E-state index in [2.05, 4.69) is 26.1 Å². The summed E-state index contributed by atoms with van der Waals surface area (Å²) in [6.07, 6.45) is 5.88. The molecule has 162 valence electrons. The second-order valence-electron chi connectivity index (χ2n) is 7.70. The van der Waals surface area contributed by atoms with Crippen molar-refractivity contribution in [3.05, 3.63) is 46.1 Å². The van der Waals surface area contributed by atoms with E-state index in [0.29, 0.717) is 16.3 Å². The Bertz CT molecular complexity index is 1140. The average Bonchev–Trinajstić information content (AvgIpc) is 3.38.